The van der Waals surface area contributed by atoms with Crippen LogP contribution in [-0.4, -0.2) is 13.4 Å². The Labute approximate surface area is 121 Å². The Kier molecular flexibility index (Phi) is 5.31. The van der Waals surface area contributed by atoms with Gasteiger partial charge in [-0.25, -0.2) is 8.42 Å². The highest BCUT2D eigenvalue weighted by atomic mass is 79.9. The van der Waals surface area contributed by atoms with Gasteiger partial charge in [-0.05, 0) is 36.4 Å². The Bertz CT molecular complexity index is 600. The van der Waals surface area contributed by atoms with E-state index in [0.717, 1.165) is 4.47 Å². The third-order valence-corrected chi connectivity index (χ3v) is 4.43. The Hall–Kier alpha value is -0.910. The third-order valence-electron chi connectivity index (χ3n) is 2.24. The van der Waals surface area contributed by atoms with E-state index in [1.54, 1.807) is 48.7 Å². The second-order valence-corrected chi connectivity index (χ2v) is 6.44. The Morgan fingerprint density at radius 1 is 1.06 bits per heavy atom. The van der Waals surface area contributed by atoms with Gasteiger partial charge in [0.05, 0.1) is 16.3 Å². The van der Waals surface area contributed by atoms with Crippen LogP contribution in [0.25, 0.3) is 0 Å². The monoisotopic (exact) mass is 347 g/mol. The molecule has 0 saturated heterocycles. The van der Waals surface area contributed by atoms with Gasteiger partial charge in [-0.2, -0.15) is 0 Å². The van der Waals surface area contributed by atoms with Crippen LogP contribution >= 0.6 is 28.3 Å². The number of hydrogen-bond donors (Lipinski definition) is 0. The molecule has 0 aliphatic heterocycles. The van der Waals surface area contributed by atoms with Crippen LogP contribution in [0.5, 0.6) is 0 Å². The number of halogens is 2. The first kappa shape index (κ1) is 15.1. The van der Waals surface area contributed by atoms with Gasteiger partial charge in [-0.1, -0.05) is 22.0 Å². The van der Waals surface area contributed by atoms with Crippen molar-refractivity contribution in [3.05, 3.63) is 58.8 Å². The fraction of sp³-hybridized carbons (Fsp3) is 0.0833. The van der Waals surface area contributed by atoms with E-state index in [9.17, 15) is 8.42 Å². The molecule has 0 spiro atoms. The van der Waals surface area contributed by atoms with Crippen LogP contribution in [-0.2, 0) is 15.6 Å². The molecule has 0 radical (unpaired) electrons. The first-order chi connectivity index (χ1) is 8.08. The molecule has 6 heteroatoms. The van der Waals surface area contributed by atoms with E-state index in [1.807, 2.05) is 0 Å². The molecule has 18 heavy (non-hydrogen) atoms. The lowest BCUT2D eigenvalue weighted by atomic mass is 10.4. The molecule has 0 N–H and O–H groups in total. The fourth-order valence-electron chi connectivity index (χ4n) is 1.40. The predicted molar refractivity (Wildman–Crippen MR) is 76.5 cm³/mol. The van der Waals surface area contributed by atoms with Gasteiger partial charge in [-0.3, -0.25) is 4.98 Å². The molecule has 2 aromatic rings. The van der Waals surface area contributed by atoms with Gasteiger partial charge < -0.3 is 0 Å². The minimum atomic E-state index is -3.31. The van der Waals surface area contributed by atoms with Crippen LogP contribution in [0.3, 0.4) is 0 Å². The summed E-state index contributed by atoms with van der Waals surface area (Å²) in [6.45, 7) is 0. The molecule has 0 aliphatic carbocycles. The summed E-state index contributed by atoms with van der Waals surface area (Å²) in [6.07, 6.45) is 1.59. The van der Waals surface area contributed by atoms with Crippen LogP contribution in [0, 0.1) is 0 Å². The van der Waals surface area contributed by atoms with Crippen molar-refractivity contribution in [2.24, 2.45) is 0 Å². The van der Waals surface area contributed by atoms with Gasteiger partial charge in [0.15, 0.2) is 9.84 Å². The fourth-order valence-corrected chi connectivity index (χ4v) is 2.95. The topological polar surface area (TPSA) is 47.0 Å². The Balaban J connectivity index is 0.00000162. The maximum absolute atomic E-state index is 12.1. The normalized spacial score (nSPS) is 10.7. The number of rotatable bonds is 3. The van der Waals surface area contributed by atoms with E-state index >= 15 is 0 Å². The van der Waals surface area contributed by atoms with Gasteiger partial charge in [0.2, 0.25) is 0 Å². The molecule has 0 bridgehead atoms. The first-order valence-corrected chi connectivity index (χ1v) is 7.41. The molecule has 1 aromatic heterocycles. The maximum atomic E-state index is 12.1. The van der Waals surface area contributed by atoms with E-state index in [2.05, 4.69) is 20.9 Å². The van der Waals surface area contributed by atoms with Crippen LogP contribution in [0.2, 0.25) is 0 Å². The number of pyridine rings is 1. The average Bonchev–Trinajstić information content (AvgIpc) is 2.30. The van der Waals surface area contributed by atoms with E-state index < -0.39 is 9.84 Å². The number of nitrogens with zero attached hydrogens (tertiary/aromatic N) is 1. The van der Waals surface area contributed by atoms with Crippen molar-refractivity contribution in [2.75, 3.05) is 0 Å². The summed E-state index contributed by atoms with van der Waals surface area (Å²) < 4.78 is 25.0. The molecular formula is C12H11BrClNO2S. The minimum Gasteiger partial charge on any atom is -0.260 e. The van der Waals surface area contributed by atoms with Crippen LogP contribution in [0.1, 0.15) is 5.69 Å². The van der Waals surface area contributed by atoms with Crippen molar-refractivity contribution >= 4 is 38.2 Å². The largest absolute Gasteiger partial charge is 0.260 e. The summed E-state index contributed by atoms with van der Waals surface area (Å²) in [5.41, 5.74) is 0.551. The zero-order chi connectivity index (χ0) is 12.3. The molecule has 0 atom stereocenters. The van der Waals surface area contributed by atoms with Crippen LogP contribution < -0.4 is 0 Å². The smallest absolute Gasteiger partial charge is 0.184 e. The third kappa shape index (κ3) is 3.80. The van der Waals surface area contributed by atoms with Crippen LogP contribution in [0.4, 0.5) is 0 Å². The summed E-state index contributed by atoms with van der Waals surface area (Å²) >= 11 is 3.27. The summed E-state index contributed by atoms with van der Waals surface area (Å²) in [5.74, 6) is -0.0739. The lowest BCUT2D eigenvalue weighted by molar-refractivity contribution is 0.594. The molecular weight excluding hydrogens is 338 g/mol. The van der Waals surface area contributed by atoms with Crippen molar-refractivity contribution in [1.82, 2.24) is 4.98 Å². The summed E-state index contributed by atoms with van der Waals surface area (Å²) in [5, 5.41) is 0. The lowest BCUT2D eigenvalue weighted by Gasteiger charge is -2.03. The summed E-state index contributed by atoms with van der Waals surface area (Å²) in [4.78, 5) is 4.33. The Morgan fingerprint density at radius 3 is 2.28 bits per heavy atom. The molecule has 1 aromatic carbocycles. The van der Waals surface area contributed by atoms with Gasteiger partial charge in [0.1, 0.15) is 0 Å². The van der Waals surface area contributed by atoms with Gasteiger partial charge in [0.25, 0.3) is 0 Å². The summed E-state index contributed by atoms with van der Waals surface area (Å²) in [6, 6.07) is 11.8. The highest BCUT2D eigenvalue weighted by Gasteiger charge is 2.15. The zero-order valence-electron chi connectivity index (χ0n) is 9.28. The highest BCUT2D eigenvalue weighted by molar-refractivity contribution is 9.10. The molecule has 0 fully saturated rings. The minimum absolute atomic E-state index is 0. The number of hydrogen-bond acceptors (Lipinski definition) is 3. The first-order valence-electron chi connectivity index (χ1n) is 4.96. The highest BCUT2D eigenvalue weighted by Crippen LogP contribution is 2.18. The van der Waals surface area contributed by atoms with E-state index in [1.165, 1.54) is 0 Å². The summed E-state index contributed by atoms with van der Waals surface area (Å²) in [7, 11) is -3.31. The molecule has 3 nitrogen and oxygen atoms in total. The van der Waals surface area contributed by atoms with Crippen molar-refractivity contribution in [2.45, 2.75) is 10.6 Å². The van der Waals surface area contributed by atoms with Gasteiger partial charge in [-0.15, -0.1) is 12.4 Å². The van der Waals surface area contributed by atoms with Crippen LogP contribution in [0.15, 0.2) is 58.0 Å². The van der Waals surface area contributed by atoms with Gasteiger partial charge >= 0.3 is 0 Å². The van der Waals surface area contributed by atoms with E-state index in [0.29, 0.717) is 10.6 Å². The molecule has 0 amide bonds. The van der Waals surface area contributed by atoms with Crippen molar-refractivity contribution in [3.63, 3.8) is 0 Å². The SMILES string of the molecule is Cl.O=S(=O)(Cc1ccccn1)c1ccc(Br)cc1. The standard InChI is InChI=1S/C12H10BrNO2S.ClH/c13-10-4-6-12(7-5-10)17(15,16)9-11-3-1-2-8-14-11;/h1-8H,9H2;1H. The van der Waals surface area contributed by atoms with Crippen molar-refractivity contribution < 1.29 is 8.42 Å². The van der Waals surface area contributed by atoms with E-state index in [4.69, 9.17) is 0 Å². The number of benzene rings is 1. The quantitative estimate of drug-likeness (QED) is 0.855. The molecule has 0 unspecified atom stereocenters. The second kappa shape index (κ2) is 6.31. The second-order valence-electron chi connectivity index (χ2n) is 3.53. The maximum Gasteiger partial charge on any atom is 0.184 e. The molecule has 0 saturated carbocycles. The average molecular weight is 349 g/mol. The van der Waals surface area contributed by atoms with E-state index in [-0.39, 0.29) is 18.2 Å². The zero-order valence-corrected chi connectivity index (χ0v) is 12.5. The number of aromatic nitrogens is 1. The predicted octanol–water partition coefficient (Wildman–Crippen LogP) is 3.24. The molecule has 0 aliphatic rings. The van der Waals surface area contributed by atoms with Gasteiger partial charge in [0, 0.05) is 10.7 Å². The Morgan fingerprint density at radius 2 is 1.72 bits per heavy atom. The van der Waals surface area contributed by atoms with Crippen molar-refractivity contribution in [1.29, 1.82) is 0 Å². The lowest BCUT2D eigenvalue weighted by Crippen LogP contribution is -2.05. The molecule has 2 rings (SSSR count). The molecule has 1 heterocycles. The molecule has 96 valence electrons. The number of sulfone groups is 1. The van der Waals surface area contributed by atoms with Crippen molar-refractivity contribution in [3.8, 4) is 0 Å².